The van der Waals surface area contributed by atoms with Crippen LogP contribution in [0.2, 0.25) is 5.02 Å². The van der Waals surface area contributed by atoms with Crippen molar-refractivity contribution in [1.82, 2.24) is 24.8 Å². The number of aromatic amines is 1. The molecule has 5 aromatic rings. The van der Waals surface area contributed by atoms with Gasteiger partial charge in [-0.15, -0.1) is 11.3 Å². The summed E-state index contributed by atoms with van der Waals surface area (Å²) in [5.41, 5.74) is 3.25. The quantitative estimate of drug-likeness (QED) is 0.179. The van der Waals surface area contributed by atoms with Gasteiger partial charge in [0, 0.05) is 27.4 Å². The number of aromatic nitrogens is 3. The fraction of sp³-hybridized carbons (Fsp3) is 0.361. The zero-order chi connectivity index (χ0) is 33.3. The van der Waals surface area contributed by atoms with E-state index in [1.807, 2.05) is 44.2 Å². The van der Waals surface area contributed by atoms with E-state index in [9.17, 15) is 9.59 Å². The first-order valence-electron chi connectivity index (χ1n) is 16.3. The van der Waals surface area contributed by atoms with Crippen LogP contribution in [-0.4, -0.2) is 51.1 Å². The van der Waals surface area contributed by atoms with Crippen LogP contribution < -0.4 is 10.1 Å². The molecule has 2 aromatic carbocycles. The summed E-state index contributed by atoms with van der Waals surface area (Å²) in [6.45, 7) is 4.30. The molecule has 9 nitrogen and oxygen atoms in total. The predicted molar refractivity (Wildman–Crippen MR) is 183 cm³/mol. The van der Waals surface area contributed by atoms with Gasteiger partial charge in [-0.2, -0.15) is 0 Å². The summed E-state index contributed by atoms with van der Waals surface area (Å²) in [5.74, 6) is 0.923. The third-order valence-corrected chi connectivity index (χ3v) is 11.1. The lowest BCUT2D eigenvalue weighted by Crippen LogP contribution is -2.51. The number of hydrogen-bond acceptors (Lipinski definition) is 6. The lowest BCUT2D eigenvalue weighted by Gasteiger charge is -2.30. The normalized spacial score (nSPS) is 19.2. The Bertz CT molecular complexity index is 2070. The summed E-state index contributed by atoms with van der Waals surface area (Å²) in [4.78, 5) is 37.8. The molecule has 0 spiro atoms. The minimum atomic E-state index is -0.734. The van der Waals surface area contributed by atoms with Crippen molar-refractivity contribution in [3.63, 3.8) is 0 Å². The average molecular weight is 688 g/mol. The van der Waals surface area contributed by atoms with Crippen LogP contribution in [0.4, 0.5) is 9.18 Å². The number of carbonyl (C=O) groups is 2. The molecule has 1 saturated heterocycles. The van der Waals surface area contributed by atoms with E-state index in [-0.39, 0.29) is 17.9 Å². The molecular formula is C36H35ClFN5O4S. The van der Waals surface area contributed by atoms with Gasteiger partial charge in [-0.1, -0.05) is 25.4 Å². The van der Waals surface area contributed by atoms with E-state index >= 15 is 4.39 Å². The van der Waals surface area contributed by atoms with Crippen molar-refractivity contribution in [2.45, 2.75) is 63.8 Å². The molecule has 1 unspecified atom stereocenters. The molecule has 3 aromatic heterocycles. The number of halogens is 2. The molecule has 48 heavy (non-hydrogen) atoms. The van der Waals surface area contributed by atoms with Gasteiger partial charge in [-0.05, 0) is 86.1 Å². The second-order valence-corrected chi connectivity index (χ2v) is 14.7. The van der Waals surface area contributed by atoms with Gasteiger partial charge >= 0.3 is 6.09 Å². The Kier molecular flexibility index (Phi) is 7.71. The number of hydrogen-bond donors (Lipinski definition) is 2. The van der Waals surface area contributed by atoms with Gasteiger partial charge in [0.05, 0.1) is 46.7 Å². The third-order valence-electron chi connectivity index (χ3n) is 9.60. The molecule has 0 radical (unpaired) electrons. The van der Waals surface area contributed by atoms with Gasteiger partial charge in [0.15, 0.2) is 0 Å². The van der Waals surface area contributed by atoms with Gasteiger partial charge < -0.3 is 24.7 Å². The molecule has 2 N–H and O–H groups in total. The smallest absolute Gasteiger partial charge is 0.407 e. The van der Waals surface area contributed by atoms with Gasteiger partial charge in [0.25, 0.3) is 0 Å². The first-order chi connectivity index (χ1) is 23.2. The highest BCUT2D eigenvalue weighted by Gasteiger charge is 2.38. The number of methoxy groups -OCH3 is 1. The van der Waals surface area contributed by atoms with Crippen molar-refractivity contribution in [2.24, 2.45) is 5.92 Å². The monoisotopic (exact) mass is 687 g/mol. The van der Waals surface area contributed by atoms with Crippen LogP contribution in [0.3, 0.4) is 0 Å². The zero-order valence-corrected chi connectivity index (χ0v) is 28.3. The van der Waals surface area contributed by atoms with E-state index in [0.29, 0.717) is 52.3 Å². The number of carbonyl (C=O) groups excluding carboxylic acids is 2. The summed E-state index contributed by atoms with van der Waals surface area (Å²) >= 11 is 8.12. The van der Waals surface area contributed by atoms with Crippen LogP contribution in [0.25, 0.3) is 33.4 Å². The zero-order valence-electron chi connectivity index (χ0n) is 26.8. The SMILES string of the molecule is COC(=O)N[C@H](C(=O)N1CCC[C@H]1c1ncc(-c2cc(F)c3c(c2)OC(c2ccc(C4CC4)s2)n2c-3cc3cc(Cl)ccc32)[nH]1)C(C)C. The molecule has 2 fully saturated rings. The van der Waals surface area contributed by atoms with Crippen LogP contribution >= 0.6 is 22.9 Å². The number of likely N-dealkylation sites (tertiary alicyclic amines) is 1. The molecule has 5 heterocycles. The number of nitrogens with one attached hydrogen (secondary N) is 2. The van der Waals surface area contributed by atoms with Crippen molar-refractivity contribution in [1.29, 1.82) is 0 Å². The van der Waals surface area contributed by atoms with E-state index in [0.717, 1.165) is 27.9 Å². The Labute approximate surface area is 286 Å². The van der Waals surface area contributed by atoms with Crippen LogP contribution in [0.5, 0.6) is 5.75 Å². The minimum Gasteiger partial charge on any atom is -0.464 e. The first-order valence-corrected chi connectivity index (χ1v) is 17.5. The molecule has 3 aliphatic rings. The molecule has 3 atom stereocenters. The maximum absolute atomic E-state index is 16.3. The lowest BCUT2D eigenvalue weighted by molar-refractivity contribution is -0.135. The van der Waals surface area contributed by atoms with Gasteiger partial charge in [-0.25, -0.2) is 14.2 Å². The molecular weight excluding hydrogens is 653 g/mol. The topological polar surface area (TPSA) is 101 Å². The maximum Gasteiger partial charge on any atom is 0.407 e. The summed E-state index contributed by atoms with van der Waals surface area (Å²) < 4.78 is 29.8. The minimum absolute atomic E-state index is 0.141. The fourth-order valence-corrected chi connectivity index (χ4v) is 8.40. The van der Waals surface area contributed by atoms with Crippen molar-refractivity contribution >= 4 is 45.8 Å². The number of rotatable bonds is 7. The summed E-state index contributed by atoms with van der Waals surface area (Å²) in [6, 6.07) is 14.3. The maximum atomic E-state index is 16.3. The second kappa shape index (κ2) is 12.0. The molecule has 2 amide bonds. The van der Waals surface area contributed by atoms with Crippen LogP contribution in [0, 0.1) is 11.7 Å². The van der Waals surface area contributed by atoms with Crippen molar-refractivity contribution in [3.8, 4) is 28.3 Å². The highest BCUT2D eigenvalue weighted by Crippen LogP contribution is 2.50. The highest BCUT2D eigenvalue weighted by molar-refractivity contribution is 7.12. The number of nitrogens with zero attached hydrogens (tertiary/aromatic N) is 3. The van der Waals surface area contributed by atoms with Crippen LogP contribution in [0.1, 0.15) is 73.3 Å². The molecule has 248 valence electrons. The van der Waals surface area contributed by atoms with E-state index < -0.39 is 24.2 Å². The van der Waals surface area contributed by atoms with E-state index in [4.69, 9.17) is 21.1 Å². The molecule has 0 bridgehead atoms. The van der Waals surface area contributed by atoms with Gasteiger partial charge in [0.2, 0.25) is 12.1 Å². The first kappa shape index (κ1) is 31.0. The van der Waals surface area contributed by atoms with E-state index in [1.165, 1.54) is 30.9 Å². The Morgan fingerprint density at radius 2 is 1.94 bits per heavy atom. The Balaban J connectivity index is 1.14. The summed E-state index contributed by atoms with van der Waals surface area (Å²) in [5, 5.41) is 4.21. The number of fused-ring (bicyclic) bond motifs is 5. The summed E-state index contributed by atoms with van der Waals surface area (Å²) in [6.07, 6.45) is 4.47. The largest absolute Gasteiger partial charge is 0.464 e. The van der Waals surface area contributed by atoms with Gasteiger partial charge in [-0.3, -0.25) is 9.36 Å². The molecule has 12 heteroatoms. The number of alkyl carbamates (subject to hydrolysis) is 1. The third kappa shape index (κ3) is 5.33. The summed E-state index contributed by atoms with van der Waals surface area (Å²) in [7, 11) is 1.28. The Morgan fingerprint density at radius 1 is 1.12 bits per heavy atom. The molecule has 1 saturated carbocycles. The number of imidazole rings is 1. The van der Waals surface area contributed by atoms with E-state index in [1.54, 1.807) is 22.4 Å². The predicted octanol–water partition coefficient (Wildman–Crippen LogP) is 8.41. The number of benzene rings is 2. The van der Waals surface area contributed by atoms with Crippen molar-refractivity contribution in [2.75, 3.05) is 13.7 Å². The average Bonchev–Trinajstić information content (AvgIpc) is 3.47. The number of amides is 2. The van der Waals surface area contributed by atoms with E-state index in [2.05, 4.69) is 32.0 Å². The molecule has 1 aliphatic carbocycles. The fourth-order valence-electron chi connectivity index (χ4n) is 7.02. The number of H-pyrrole nitrogens is 1. The van der Waals surface area contributed by atoms with Gasteiger partial charge in [0.1, 0.15) is 23.4 Å². The van der Waals surface area contributed by atoms with Crippen LogP contribution in [-0.2, 0) is 9.53 Å². The van der Waals surface area contributed by atoms with Crippen molar-refractivity contribution in [3.05, 3.63) is 81.1 Å². The Morgan fingerprint density at radius 3 is 2.71 bits per heavy atom. The number of ether oxygens (including phenoxy) is 2. The van der Waals surface area contributed by atoms with Crippen molar-refractivity contribution < 1.29 is 23.5 Å². The highest BCUT2D eigenvalue weighted by atomic mass is 35.5. The lowest BCUT2D eigenvalue weighted by atomic mass is 10.0. The molecule has 8 rings (SSSR count). The molecule has 2 aliphatic heterocycles. The Hall–Kier alpha value is -4.35. The second-order valence-electron chi connectivity index (χ2n) is 13.1. The van der Waals surface area contributed by atoms with Crippen LogP contribution in [0.15, 0.2) is 54.7 Å². The standard InChI is InChI=1S/C36H35ClFN5O4S/c1-18(2)32(41-36(45)46-3)34(44)42-12-4-5-26(42)33-39-17-24(40-33)20-14-23(38)31-27-15-21-13-22(37)8-9-25(21)43(27)35(47-28(31)16-20)30-11-10-29(48-30)19-6-7-19/h8-11,13-19,26,32,35H,4-7,12H2,1-3H3,(H,39,40)(H,41,45)/t26-,32-,35?/m0/s1. The number of thiophene rings is 1.